The van der Waals surface area contributed by atoms with Crippen molar-refractivity contribution in [1.82, 2.24) is 4.98 Å². The van der Waals surface area contributed by atoms with Gasteiger partial charge in [0.05, 0.1) is 5.56 Å². The highest BCUT2D eigenvalue weighted by Crippen LogP contribution is 2.43. The average molecular weight is 357 g/mol. The zero-order chi connectivity index (χ0) is 18.2. The molecule has 0 unspecified atom stereocenters. The molecule has 1 aromatic rings. The first-order valence-electron chi connectivity index (χ1n) is 6.64. The minimum atomic E-state index is -5.13. The largest absolute Gasteiger partial charge is 0.478 e. The molecule has 3 nitrogen and oxygen atoms in total. The summed E-state index contributed by atoms with van der Waals surface area (Å²) in [5.41, 5.74) is -4.14. The lowest BCUT2D eigenvalue weighted by Gasteiger charge is -2.24. The summed E-state index contributed by atoms with van der Waals surface area (Å²) in [6.45, 7) is 6.48. The number of carbonyl (C=O) groups is 1. The number of pyridine rings is 1. The Labute approximate surface area is 134 Å². The molecule has 0 aliphatic carbocycles. The van der Waals surface area contributed by atoms with E-state index in [9.17, 15) is 26.7 Å². The van der Waals surface area contributed by atoms with Gasteiger partial charge < -0.3 is 5.11 Å². The van der Waals surface area contributed by atoms with Crippen LogP contribution in [0, 0.1) is 0 Å². The lowest BCUT2D eigenvalue weighted by atomic mass is 10.0. The zero-order valence-corrected chi connectivity index (χ0v) is 13.7. The zero-order valence-electron chi connectivity index (χ0n) is 12.9. The maximum absolute atomic E-state index is 13.2. The fourth-order valence-corrected chi connectivity index (χ4v) is 3.20. The molecule has 9 heteroatoms. The highest BCUT2D eigenvalue weighted by molar-refractivity contribution is 8.00. The van der Waals surface area contributed by atoms with Crippen LogP contribution in [0.15, 0.2) is 4.90 Å². The predicted octanol–water partition coefficient (Wildman–Crippen LogP) is 5.19. The third kappa shape index (κ3) is 4.55. The summed E-state index contributed by atoms with van der Waals surface area (Å²) in [7, 11) is 0. The smallest absolute Gasteiger partial charge is 0.434 e. The van der Waals surface area contributed by atoms with Crippen LogP contribution in [-0.2, 0) is 12.6 Å². The van der Waals surface area contributed by atoms with Gasteiger partial charge in [0, 0.05) is 9.64 Å². The molecule has 0 aromatic carbocycles. The van der Waals surface area contributed by atoms with Crippen molar-refractivity contribution in [2.75, 3.05) is 0 Å². The number of thioether (sulfide) groups is 1. The van der Waals surface area contributed by atoms with E-state index in [1.165, 1.54) is 6.92 Å². The van der Waals surface area contributed by atoms with E-state index in [0.29, 0.717) is 0 Å². The molecule has 0 saturated carbocycles. The molecule has 0 atom stereocenters. The van der Waals surface area contributed by atoms with Gasteiger partial charge in [-0.05, 0) is 12.0 Å². The summed E-state index contributed by atoms with van der Waals surface area (Å²) in [5, 5.41) is 9.16. The molecular formula is C14H16F5NO2S. The first-order valence-corrected chi connectivity index (χ1v) is 7.45. The van der Waals surface area contributed by atoms with Gasteiger partial charge in [-0.15, -0.1) is 11.8 Å². The third-order valence-electron chi connectivity index (χ3n) is 2.73. The maximum Gasteiger partial charge on any atom is 0.434 e. The molecule has 1 heterocycles. The van der Waals surface area contributed by atoms with Crippen LogP contribution >= 0.6 is 11.8 Å². The summed E-state index contributed by atoms with van der Waals surface area (Å²) in [6, 6.07) is 0. The number of rotatable bonds is 4. The van der Waals surface area contributed by atoms with E-state index >= 15 is 0 Å². The van der Waals surface area contributed by atoms with Crippen LogP contribution in [0.3, 0.4) is 0 Å². The Hall–Kier alpha value is -1.38. The van der Waals surface area contributed by atoms with Crippen LogP contribution in [0.25, 0.3) is 0 Å². The van der Waals surface area contributed by atoms with Crippen molar-refractivity contribution in [3.8, 4) is 0 Å². The number of hydrogen-bond donors (Lipinski definition) is 1. The second kappa shape index (κ2) is 6.62. The number of halogens is 5. The van der Waals surface area contributed by atoms with E-state index in [2.05, 4.69) is 4.98 Å². The van der Waals surface area contributed by atoms with Crippen molar-refractivity contribution in [3.05, 3.63) is 22.5 Å². The number of carboxylic acids is 1. The van der Waals surface area contributed by atoms with E-state index in [-0.39, 0.29) is 16.9 Å². The van der Waals surface area contributed by atoms with Crippen LogP contribution in [0.1, 0.15) is 61.4 Å². The van der Waals surface area contributed by atoms with Gasteiger partial charge in [0.15, 0.2) is 5.69 Å². The van der Waals surface area contributed by atoms with Gasteiger partial charge in [-0.25, -0.2) is 18.6 Å². The van der Waals surface area contributed by atoms with Crippen LogP contribution in [-0.4, -0.2) is 20.8 Å². The molecule has 130 valence electrons. The first kappa shape index (κ1) is 19.7. The topological polar surface area (TPSA) is 50.2 Å². The highest BCUT2D eigenvalue weighted by Gasteiger charge is 2.41. The predicted molar refractivity (Wildman–Crippen MR) is 76.1 cm³/mol. The Kier molecular flexibility index (Phi) is 5.66. The summed E-state index contributed by atoms with van der Waals surface area (Å²) in [6.07, 6.45) is -8.51. The monoisotopic (exact) mass is 357 g/mol. The molecule has 0 saturated heterocycles. The van der Waals surface area contributed by atoms with Crippen molar-refractivity contribution in [1.29, 1.82) is 0 Å². The van der Waals surface area contributed by atoms with Crippen molar-refractivity contribution in [2.45, 2.75) is 56.4 Å². The molecule has 23 heavy (non-hydrogen) atoms. The number of nitrogens with zero attached hydrogens (tertiary/aromatic N) is 1. The van der Waals surface area contributed by atoms with E-state index < -0.39 is 40.3 Å². The highest BCUT2D eigenvalue weighted by atomic mass is 32.2. The maximum atomic E-state index is 13.2. The quantitative estimate of drug-likeness (QED) is 0.595. The fraction of sp³-hybridized carbons (Fsp3) is 0.571. The second-order valence-electron chi connectivity index (χ2n) is 5.70. The minimum Gasteiger partial charge on any atom is -0.478 e. The molecule has 0 fully saturated rings. The molecule has 1 rings (SSSR count). The minimum absolute atomic E-state index is 0.134. The Morgan fingerprint density at radius 1 is 1.26 bits per heavy atom. The van der Waals surface area contributed by atoms with Crippen molar-refractivity contribution < 1.29 is 31.9 Å². The lowest BCUT2D eigenvalue weighted by Crippen LogP contribution is -2.21. The Bertz CT molecular complexity index is 609. The molecule has 0 bridgehead atoms. The van der Waals surface area contributed by atoms with Gasteiger partial charge in [-0.1, -0.05) is 27.7 Å². The van der Waals surface area contributed by atoms with Crippen LogP contribution in [0.4, 0.5) is 22.0 Å². The Balaban J connectivity index is 3.88. The van der Waals surface area contributed by atoms with Gasteiger partial charge in [0.2, 0.25) is 0 Å². The van der Waals surface area contributed by atoms with Gasteiger partial charge in [0.25, 0.3) is 6.43 Å². The number of hydrogen-bond acceptors (Lipinski definition) is 3. The van der Waals surface area contributed by atoms with Crippen molar-refractivity contribution in [2.24, 2.45) is 0 Å². The molecule has 0 aliphatic rings. The Morgan fingerprint density at radius 2 is 1.78 bits per heavy atom. The summed E-state index contributed by atoms with van der Waals surface area (Å²) in [5.74, 6) is -1.83. The number of aromatic carboxylic acids is 1. The summed E-state index contributed by atoms with van der Waals surface area (Å²) in [4.78, 5) is 14.1. The van der Waals surface area contributed by atoms with E-state index in [1.54, 1.807) is 20.8 Å². The molecular weight excluding hydrogens is 341 g/mol. The first-order chi connectivity index (χ1) is 10.3. The third-order valence-corrected chi connectivity index (χ3v) is 4.00. The standard InChI is InChI=1S/C14H16F5NO2S/c1-5-6-7(12(21)22)10(14(17,18)19)20-8(11(15)16)9(6)23-13(2,3)4/h11H,5H2,1-4H3,(H,21,22). The SMILES string of the molecule is CCc1c(SC(C)(C)C)c(C(F)F)nc(C(F)(F)F)c1C(=O)O. The molecule has 0 aliphatic heterocycles. The van der Waals surface area contributed by atoms with Gasteiger partial charge in [-0.2, -0.15) is 13.2 Å². The normalized spacial score (nSPS) is 12.8. The average Bonchev–Trinajstić information content (AvgIpc) is 2.33. The molecule has 0 spiro atoms. The summed E-state index contributed by atoms with van der Waals surface area (Å²) < 4.78 is 65.0. The van der Waals surface area contributed by atoms with Gasteiger partial charge in [0.1, 0.15) is 5.69 Å². The van der Waals surface area contributed by atoms with Crippen molar-refractivity contribution >= 4 is 17.7 Å². The van der Waals surface area contributed by atoms with E-state index in [1.807, 2.05) is 0 Å². The van der Waals surface area contributed by atoms with Crippen LogP contribution < -0.4 is 0 Å². The molecule has 1 aromatic heterocycles. The lowest BCUT2D eigenvalue weighted by molar-refractivity contribution is -0.142. The number of carboxylic acid groups (broad SMARTS) is 1. The fourth-order valence-electron chi connectivity index (χ4n) is 1.98. The van der Waals surface area contributed by atoms with Crippen molar-refractivity contribution in [3.63, 3.8) is 0 Å². The van der Waals surface area contributed by atoms with Gasteiger partial charge in [-0.3, -0.25) is 0 Å². The van der Waals surface area contributed by atoms with Crippen LogP contribution in [0.5, 0.6) is 0 Å². The van der Waals surface area contributed by atoms with Crippen LogP contribution in [0.2, 0.25) is 0 Å². The van der Waals surface area contributed by atoms with E-state index in [4.69, 9.17) is 5.11 Å². The molecule has 1 N–H and O–H groups in total. The second-order valence-corrected chi connectivity index (χ2v) is 7.54. The summed E-state index contributed by atoms with van der Waals surface area (Å²) >= 11 is 0.885. The number of alkyl halides is 5. The van der Waals surface area contributed by atoms with E-state index in [0.717, 1.165) is 11.8 Å². The number of aromatic nitrogens is 1. The van der Waals surface area contributed by atoms with Gasteiger partial charge >= 0.3 is 12.1 Å². The molecule has 0 radical (unpaired) electrons. The molecule has 0 amide bonds. The Morgan fingerprint density at radius 3 is 2.09 bits per heavy atom.